The zero-order valence-electron chi connectivity index (χ0n) is 13.2. The molecule has 2 aromatic carbocycles. The Labute approximate surface area is 148 Å². The van der Waals surface area contributed by atoms with Crippen molar-refractivity contribution in [2.45, 2.75) is 19.4 Å². The number of nitrogens with zero attached hydrogens (tertiary/aromatic N) is 2. The first-order valence-electron chi connectivity index (χ1n) is 7.66. The Hall–Kier alpha value is -3.04. The van der Waals surface area contributed by atoms with Gasteiger partial charge in [-0.1, -0.05) is 23.7 Å². The van der Waals surface area contributed by atoms with Crippen LogP contribution in [0.4, 0.5) is 5.69 Å². The van der Waals surface area contributed by atoms with Crippen molar-refractivity contribution in [2.75, 3.05) is 5.32 Å². The molecular weight excluding hydrogens is 342 g/mol. The molecule has 0 bridgehead atoms. The van der Waals surface area contributed by atoms with Crippen LogP contribution in [0.5, 0.6) is 0 Å². The van der Waals surface area contributed by atoms with Crippen molar-refractivity contribution in [3.8, 4) is 6.07 Å². The molecule has 0 atom stereocenters. The maximum atomic E-state index is 12.0. The monoisotopic (exact) mass is 355 g/mol. The lowest BCUT2D eigenvalue weighted by Crippen LogP contribution is -2.17. The fraction of sp³-hybridized carbons (Fsp3) is 0.167. The van der Waals surface area contributed by atoms with E-state index in [2.05, 4.69) is 5.32 Å². The largest absolute Gasteiger partial charge is 0.419 e. The summed E-state index contributed by atoms with van der Waals surface area (Å²) >= 11 is 5.94. The van der Waals surface area contributed by atoms with E-state index in [0.29, 0.717) is 35.3 Å². The topological polar surface area (TPSA) is 88.0 Å². The summed E-state index contributed by atoms with van der Waals surface area (Å²) < 4.78 is 6.67. The van der Waals surface area contributed by atoms with Gasteiger partial charge in [-0.2, -0.15) is 5.26 Å². The third kappa shape index (κ3) is 3.73. The van der Waals surface area contributed by atoms with Gasteiger partial charge in [-0.3, -0.25) is 9.36 Å². The third-order valence-electron chi connectivity index (χ3n) is 3.73. The number of rotatable bonds is 5. The van der Waals surface area contributed by atoms with Crippen molar-refractivity contribution in [2.24, 2.45) is 0 Å². The van der Waals surface area contributed by atoms with Crippen LogP contribution in [-0.4, -0.2) is 10.5 Å². The van der Waals surface area contributed by atoms with Gasteiger partial charge in [-0.15, -0.1) is 0 Å². The van der Waals surface area contributed by atoms with Crippen LogP contribution >= 0.6 is 11.6 Å². The number of oxazole rings is 1. The van der Waals surface area contributed by atoms with Gasteiger partial charge in [0, 0.05) is 18.7 Å². The van der Waals surface area contributed by atoms with Crippen LogP contribution in [-0.2, 0) is 11.3 Å². The molecule has 0 spiro atoms. The van der Waals surface area contributed by atoms with Gasteiger partial charge in [-0.05, 0) is 36.8 Å². The molecular formula is C18H14ClN3O3. The van der Waals surface area contributed by atoms with Crippen LogP contribution in [0, 0.1) is 11.3 Å². The minimum atomic E-state index is -0.430. The van der Waals surface area contributed by atoms with Crippen LogP contribution in [0.15, 0.2) is 51.7 Å². The van der Waals surface area contributed by atoms with Crippen molar-refractivity contribution < 1.29 is 9.21 Å². The number of hydrogen-bond acceptors (Lipinski definition) is 4. The van der Waals surface area contributed by atoms with Gasteiger partial charge in [0.15, 0.2) is 5.58 Å². The molecule has 6 nitrogen and oxygen atoms in total. The highest BCUT2D eigenvalue weighted by Gasteiger charge is 2.10. The normalized spacial score (nSPS) is 10.6. The van der Waals surface area contributed by atoms with E-state index in [9.17, 15) is 9.59 Å². The summed E-state index contributed by atoms with van der Waals surface area (Å²) in [7, 11) is 0. The van der Waals surface area contributed by atoms with Gasteiger partial charge in [-0.25, -0.2) is 4.79 Å². The lowest BCUT2D eigenvalue weighted by molar-refractivity contribution is -0.116. The number of halogens is 1. The van der Waals surface area contributed by atoms with E-state index in [1.54, 1.807) is 30.3 Å². The summed E-state index contributed by atoms with van der Waals surface area (Å²) in [5.74, 6) is -0.623. The van der Waals surface area contributed by atoms with E-state index in [0.717, 1.165) is 0 Å². The van der Waals surface area contributed by atoms with E-state index in [-0.39, 0.29) is 17.4 Å². The Kier molecular flexibility index (Phi) is 4.87. The molecule has 1 amide bonds. The van der Waals surface area contributed by atoms with Gasteiger partial charge in [0.05, 0.1) is 16.1 Å². The molecule has 0 saturated carbocycles. The summed E-state index contributed by atoms with van der Waals surface area (Å²) in [5.41, 5.74) is 2.13. The average molecular weight is 356 g/mol. The zero-order valence-corrected chi connectivity index (χ0v) is 13.9. The fourth-order valence-corrected chi connectivity index (χ4v) is 2.75. The Morgan fingerprint density at radius 2 is 2.08 bits per heavy atom. The number of benzene rings is 2. The molecule has 7 heteroatoms. The smallest absolute Gasteiger partial charge is 0.408 e. The molecule has 1 aromatic heterocycles. The van der Waals surface area contributed by atoms with Gasteiger partial charge in [0.25, 0.3) is 0 Å². The zero-order chi connectivity index (χ0) is 17.8. The SMILES string of the molecule is N#Cc1ccc(NC(=O)CCCn2c(=O)oc3ccccc32)cc1Cl. The summed E-state index contributed by atoms with van der Waals surface area (Å²) in [5, 5.41) is 11.8. The number of anilines is 1. The molecule has 0 fully saturated rings. The van der Waals surface area contributed by atoms with Crippen LogP contribution in [0.1, 0.15) is 18.4 Å². The second-order valence-electron chi connectivity index (χ2n) is 5.45. The molecule has 0 unspecified atom stereocenters. The number of para-hydroxylation sites is 2. The molecule has 0 aliphatic carbocycles. The predicted molar refractivity (Wildman–Crippen MR) is 94.5 cm³/mol. The van der Waals surface area contributed by atoms with Gasteiger partial charge in [0.1, 0.15) is 6.07 Å². The molecule has 0 saturated heterocycles. The van der Waals surface area contributed by atoms with E-state index in [1.807, 2.05) is 12.1 Å². The Balaban J connectivity index is 1.59. The Bertz CT molecular complexity index is 1030. The number of aryl methyl sites for hydroxylation is 1. The van der Waals surface area contributed by atoms with Gasteiger partial charge < -0.3 is 9.73 Å². The number of fused-ring (bicyclic) bond motifs is 1. The highest BCUT2D eigenvalue weighted by atomic mass is 35.5. The summed E-state index contributed by atoms with van der Waals surface area (Å²) in [6, 6.07) is 13.8. The number of carbonyl (C=O) groups is 1. The molecule has 1 heterocycles. The van der Waals surface area contributed by atoms with Crippen LogP contribution in [0.3, 0.4) is 0 Å². The van der Waals surface area contributed by atoms with Crippen molar-refractivity contribution >= 4 is 34.3 Å². The second-order valence-corrected chi connectivity index (χ2v) is 5.85. The number of aromatic nitrogens is 1. The second kappa shape index (κ2) is 7.24. The number of carbonyl (C=O) groups excluding carboxylic acids is 1. The average Bonchev–Trinajstić information content (AvgIpc) is 2.91. The molecule has 0 aliphatic heterocycles. The molecule has 0 radical (unpaired) electrons. The summed E-state index contributed by atoms with van der Waals surface area (Å²) in [4.78, 5) is 23.9. The Morgan fingerprint density at radius 1 is 1.28 bits per heavy atom. The predicted octanol–water partition coefficient (Wildman–Crippen LogP) is 3.54. The lowest BCUT2D eigenvalue weighted by atomic mass is 10.2. The summed E-state index contributed by atoms with van der Waals surface area (Å²) in [6.07, 6.45) is 0.725. The first-order chi connectivity index (χ1) is 12.1. The van der Waals surface area contributed by atoms with Crippen molar-refractivity contribution in [3.05, 3.63) is 63.6 Å². The van der Waals surface area contributed by atoms with Crippen molar-refractivity contribution in [1.82, 2.24) is 4.57 Å². The maximum absolute atomic E-state index is 12.0. The Morgan fingerprint density at radius 3 is 2.84 bits per heavy atom. The number of hydrogen-bond donors (Lipinski definition) is 1. The van der Waals surface area contributed by atoms with E-state index in [4.69, 9.17) is 21.3 Å². The van der Waals surface area contributed by atoms with Crippen molar-refractivity contribution in [1.29, 1.82) is 5.26 Å². The van der Waals surface area contributed by atoms with Crippen LogP contribution in [0.25, 0.3) is 11.1 Å². The molecule has 3 rings (SSSR count). The number of nitrogens with one attached hydrogen (secondary N) is 1. The van der Waals surface area contributed by atoms with Gasteiger partial charge in [0.2, 0.25) is 5.91 Å². The quantitative estimate of drug-likeness (QED) is 0.758. The lowest BCUT2D eigenvalue weighted by Gasteiger charge is -2.06. The maximum Gasteiger partial charge on any atom is 0.419 e. The minimum absolute atomic E-state index is 0.193. The first-order valence-corrected chi connectivity index (χ1v) is 8.04. The molecule has 25 heavy (non-hydrogen) atoms. The fourth-order valence-electron chi connectivity index (χ4n) is 2.53. The standard InChI is InChI=1S/C18H14ClN3O3/c19-14-10-13(8-7-12(14)11-20)21-17(23)6-3-9-22-15-4-1-2-5-16(15)25-18(22)24/h1-2,4-5,7-8,10H,3,6,9H2,(H,21,23). The van der Waals surface area contributed by atoms with Gasteiger partial charge >= 0.3 is 5.76 Å². The minimum Gasteiger partial charge on any atom is -0.408 e. The highest BCUT2D eigenvalue weighted by Crippen LogP contribution is 2.20. The van der Waals surface area contributed by atoms with E-state index < -0.39 is 5.76 Å². The van der Waals surface area contributed by atoms with E-state index in [1.165, 1.54) is 10.6 Å². The third-order valence-corrected chi connectivity index (χ3v) is 4.05. The van der Waals surface area contributed by atoms with Crippen LogP contribution < -0.4 is 11.1 Å². The molecule has 1 N–H and O–H groups in total. The first kappa shape index (κ1) is 16.8. The molecule has 0 aliphatic rings. The summed E-state index contributed by atoms with van der Waals surface area (Å²) in [6.45, 7) is 0.386. The highest BCUT2D eigenvalue weighted by molar-refractivity contribution is 6.32. The van der Waals surface area contributed by atoms with Crippen LogP contribution in [0.2, 0.25) is 5.02 Å². The van der Waals surface area contributed by atoms with E-state index >= 15 is 0 Å². The number of nitriles is 1. The molecule has 3 aromatic rings. The number of amides is 1. The molecule has 126 valence electrons. The van der Waals surface area contributed by atoms with Crippen molar-refractivity contribution in [3.63, 3.8) is 0 Å².